The Hall–Kier alpha value is -3.53. The van der Waals surface area contributed by atoms with Gasteiger partial charge in [0.25, 0.3) is 0 Å². The summed E-state index contributed by atoms with van der Waals surface area (Å²) in [6.07, 6.45) is 3.25. The standard InChI is InChI=1S/C21H23N5O5/c1-14-8-23-16(9-22-14)10-24-20(28)15-11-25(6-7-30-13-15)19(27)12-26-17-4-2-3-5-18(17)31-21(26)29/h2-5,8-9,15H,6-7,10-13H2,1H3,(H,24,28). The molecule has 0 aliphatic carbocycles. The number of fused-ring (bicyclic) bond motifs is 1. The zero-order valence-electron chi connectivity index (χ0n) is 17.1. The Morgan fingerprint density at radius 1 is 1.23 bits per heavy atom. The van der Waals surface area contributed by atoms with Crippen LogP contribution in [0.1, 0.15) is 11.4 Å². The molecule has 1 aliphatic heterocycles. The molecule has 0 bridgehead atoms. The zero-order valence-corrected chi connectivity index (χ0v) is 17.1. The maximum Gasteiger partial charge on any atom is 0.420 e. The Balaban J connectivity index is 1.40. The monoisotopic (exact) mass is 425 g/mol. The fraction of sp³-hybridized carbons (Fsp3) is 0.381. The molecule has 10 nitrogen and oxygen atoms in total. The number of hydrogen-bond donors (Lipinski definition) is 1. The van der Waals surface area contributed by atoms with Gasteiger partial charge in [-0.15, -0.1) is 0 Å². The molecular weight excluding hydrogens is 402 g/mol. The highest BCUT2D eigenvalue weighted by molar-refractivity contribution is 5.82. The lowest BCUT2D eigenvalue weighted by atomic mass is 10.1. The van der Waals surface area contributed by atoms with Crippen molar-refractivity contribution in [3.63, 3.8) is 0 Å². The van der Waals surface area contributed by atoms with Crippen molar-refractivity contribution in [3.8, 4) is 0 Å². The molecule has 1 N–H and O–H groups in total. The second-order valence-electron chi connectivity index (χ2n) is 7.40. The predicted molar refractivity (Wildman–Crippen MR) is 110 cm³/mol. The van der Waals surface area contributed by atoms with Gasteiger partial charge in [0.05, 0.1) is 48.8 Å². The first-order valence-corrected chi connectivity index (χ1v) is 10.0. The summed E-state index contributed by atoms with van der Waals surface area (Å²) in [5, 5.41) is 2.82. The Labute approximate surface area is 177 Å². The van der Waals surface area contributed by atoms with Crippen molar-refractivity contribution in [1.29, 1.82) is 0 Å². The largest absolute Gasteiger partial charge is 0.420 e. The number of benzene rings is 1. The van der Waals surface area contributed by atoms with E-state index in [1.807, 2.05) is 6.92 Å². The summed E-state index contributed by atoms with van der Waals surface area (Å²) in [7, 11) is 0. The normalized spacial score (nSPS) is 16.8. The summed E-state index contributed by atoms with van der Waals surface area (Å²) < 4.78 is 12.0. The van der Waals surface area contributed by atoms with Gasteiger partial charge in [-0.2, -0.15) is 0 Å². The van der Waals surface area contributed by atoms with Gasteiger partial charge in [0.2, 0.25) is 11.8 Å². The van der Waals surface area contributed by atoms with Crippen molar-refractivity contribution in [2.45, 2.75) is 20.0 Å². The second kappa shape index (κ2) is 9.09. The number of para-hydroxylation sites is 2. The van der Waals surface area contributed by atoms with Crippen LogP contribution in [0.25, 0.3) is 11.1 Å². The molecule has 1 atom stereocenters. The Kier molecular flexibility index (Phi) is 6.08. The fourth-order valence-electron chi connectivity index (χ4n) is 3.43. The molecule has 0 saturated carbocycles. The van der Waals surface area contributed by atoms with Crippen LogP contribution in [-0.4, -0.2) is 57.6 Å². The van der Waals surface area contributed by atoms with Gasteiger partial charge in [-0.05, 0) is 19.1 Å². The third-order valence-corrected chi connectivity index (χ3v) is 5.13. The molecule has 3 aromatic rings. The maximum atomic E-state index is 12.9. The average molecular weight is 425 g/mol. The molecule has 0 spiro atoms. The van der Waals surface area contributed by atoms with Gasteiger partial charge >= 0.3 is 5.76 Å². The number of nitrogens with one attached hydrogen (secondary N) is 1. The highest BCUT2D eigenvalue weighted by atomic mass is 16.5. The minimum atomic E-state index is -0.589. The summed E-state index contributed by atoms with van der Waals surface area (Å²) >= 11 is 0. The molecule has 1 fully saturated rings. The van der Waals surface area contributed by atoms with Crippen molar-refractivity contribution in [2.75, 3.05) is 26.3 Å². The summed E-state index contributed by atoms with van der Waals surface area (Å²) in [6, 6.07) is 6.94. The van der Waals surface area contributed by atoms with Gasteiger partial charge < -0.3 is 19.4 Å². The van der Waals surface area contributed by atoms with Crippen LogP contribution in [0.2, 0.25) is 0 Å². The molecule has 1 saturated heterocycles. The van der Waals surface area contributed by atoms with Gasteiger partial charge in [-0.25, -0.2) is 4.79 Å². The van der Waals surface area contributed by atoms with Crippen LogP contribution in [0.5, 0.6) is 0 Å². The number of nitrogens with zero attached hydrogens (tertiary/aromatic N) is 4. The molecule has 3 heterocycles. The lowest BCUT2D eigenvalue weighted by Gasteiger charge is -2.23. The lowest BCUT2D eigenvalue weighted by molar-refractivity contribution is -0.133. The number of carbonyl (C=O) groups excluding carboxylic acids is 2. The minimum absolute atomic E-state index is 0.164. The van der Waals surface area contributed by atoms with E-state index in [9.17, 15) is 14.4 Å². The van der Waals surface area contributed by atoms with E-state index in [1.165, 1.54) is 4.57 Å². The SMILES string of the molecule is Cc1cnc(CNC(=O)C2COCCN(C(=O)Cn3c(=O)oc4ccccc43)C2)cn1. The van der Waals surface area contributed by atoms with Crippen molar-refractivity contribution in [1.82, 2.24) is 24.8 Å². The van der Waals surface area contributed by atoms with Crippen LogP contribution >= 0.6 is 0 Å². The molecule has 2 aromatic heterocycles. The number of hydrogen-bond acceptors (Lipinski definition) is 7. The number of aryl methyl sites for hydroxylation is 1. The number of aromatic nitrogens is 3. The van der Waals surface area contributed by atoms with Crippen molar-refractivity contribution < 1.29 is 18.7 Å². The van der Waals surface area contributed by atoms with Gasteiger partial charge in [0.15, 0.2) is 5.58 Å². The van der Waals surface area contributed by atoms with Crippen molar-refractivity contribution in [3.05, 3.63) is 58.6 Å². The number of ether oxygens (including phenoxy) is 1. The maximum absolute atomic E-state index is 12.9. The van der Waals surface area contributed by atoms with E-state index in [0.717, 1.165) is 5.69 Å². The van der Waals surface area contributed by atoms with Gasteiger partial charge in [0.1, 0.15) is 6.54 Å². The Morgan fingerprint density at radius 2 is 2.06 bits per heavy atom. The second-order valence-corrected chi connectivity index (χ2v) is 7.40. The summed E-state index contributed by atoms with van der Waals surface area (Å²) in [6.45, 7) is 3.00. The minimum Gasteiger partial charge on any atom is -0.408 e. The topological polar surface area (TPSA) is 120 Å². The third-order valence-electron chi connectivity index (χ3n) is 5.13. The molecule has 4 rings (SSSR count). The fourth-order valence-corrected chi connectivity index (χ4v) is 3.43. The van der Waals surface area contributed by atoms with E-state index in [2.05, 4.69) is 15.3 Å². The molecule has 10 heteroatoms. The first-order valence-electron chi connectivity index (χ1n) is 10.0. The highest BCUT2D eigenvalue weighted by Gasteiger charge is 2.28. The molecule has 31 heavy (non-hydrogen) atoms. The number of rotatable bonds is 5. The first kappa shape index (κ1) is 20.7. The van der Waals surface area contributed by atoms with E-state index in [-0.39, 0.29) is 38.1 Å². The first-order chi connectivity index (χ1) is 15.0. The number of oxazole rings is 1. The molecule has 2 amide bonds. The van der Waals surface area contributed by atoms with E-state index < -0.39 is 11.7 Å². The van der Waals surface area contributed by atoms with Gasteiger partial charge in [-0.3, -0.25) is 24.1 Å². The van der Waals surface area contributed by atoms with Crippen LogP contribution in [-0.2, 0) is 27.4 Å². The number of carbonyl (C=O) groups is 2. The molecular formula is C21H23N5O5. The highest BCUT2D eigenvalue weighted by Crippen LogP contribution is 2.13. The van der Waals surface area contributed by atoms with Crippen LogP contribution in [0.3, 0.4) is 0 Å². The van der Waals surface area contributed by atoms with Gasteiger partial charge in [-0.1, -0.05) is 12.1 Å². The summed E-state index contributed by atoms with van der Waals surface area (Å²) in [5.41, 5.74) is 2.43. The van der Waals surface area contributed by atoms with E-state index in [4.69, 9.17) is 9.15 Å². The molecule has 0 radical (unpaired) electrons. The van der Waals surface area contributed by atoms with Crippen molar-refractivity contribution >= 4 is 22.9 Å². The molecule has 1 unspecified atom stereocenters. The number of amides is 2. The Morgan fingerprint density at radius 3 is 2.87 bits per heavy atom. The zero-order chi connectivity index (χ0) is 21.8. The van der Waals surface area contributed by atoms with Crippen LogP contribution in [0.15, 0.2) is 45.9 Å². The lowest BCUT2D eigenvalue weighted by Crippen LogP contribution is -2.43. The quantitative estimate of drug-likeness (QED) is 0.632. The molecule has 162 valence electrons. The molecule has 1 aliphatic rings. The summed E-state index contributed by atoms with van der Waals surface area (Å²) in [4.78, 5) is 47.7. The van der Waals surface area contributed by atoms with Crippen LogP contribution in [0, 0.1) is 12.8 Å². The third kappa shape index (κ3) is 4.80. The van der Waals surface area contributed by atoms with Crippen LogP contribution < -0.4 is 11.1 Å². The predicted octanol–water partition coefficient (Wildman–Crippen LogP) is 0.484. The van der Waals surface area contributed by atoms with E-state index in [1.54, 1.807) is 41.6 Å². The van der Waals surface area contributed by atoms with Crippen LogP contribution in [0.4, 0.5) is 0 Å². The molecule has 1 aromatic carbocycles. The smallest absolute Gasteiger partial charge is 0.408 e. The Bertz CT molecular complexity index is 1140. The van der Waals surface area contributed by atoms with E-state index >= 15 is 0 Å². The van der Waals surface area contributed by atoms with Crippen molar-refractivity contribution in [2.24, 2.45) is 5.92 Å². The van der Waals surface area contributed by atoms with Gasteiger partial charge in [0, 0.05) is 19.3 Å². The summed E-state index contributed by atoms with van der Waals surface area (Å²) in [5.74, 6) is -1.62. The van der Waals surface area contributed by atoms with E-state index in [0.29, 0.717) is 29.9 Å². The average Bonchev–Trinajstić information content (AvgIpc) is 2.94.